The van der Waals surface area contributed by atoms with Crippen molar-refractivity contribution in [2.75, 3.05) is 0 Å². The molecule has 0 spiro atoms. The fourth-order valence-corrected chi connectivity index (χ4v) is 3.94. The van der Waals surface area contributed by atoms with Gasteiger partial charge in [0.15, 0.2) is 0 Å². The van der Waals surface area contributed by atoms with Crippen molar-refractivity contribution < 1.29 is 19.4 Å². The molecule has 0 radical (unpaired) electrons. The monoisotopic (exact) mass is 332 g/mol. The molecule has 3 atom stereocenters. The lowest BCUT2D eigenvalue weighted by molar-refractivity contribution is -0.141. The molecule has 1 N–H and O–H groups in total. The lowest BCUT2D eigenvalue weighted by Crippen LogP contribution is -2.46. The highest BCUT2D eigenvalue weighted by molar-refractivity contribution is 5.97. The number of fused-ring (bicyclic) bond motifs is 1. The molecule has 1 saturated heterocycles. The number of carboxylic acid groups (broad SMARTS) is 1. The Bertz CT molecular complexity index is 614. The number of carbonyl (C=O) groups is 2. The number of hydrogen-bond acceptors (Lipinski definition) is 4. The van der Waals surface area contributed by atoms with Crippen molar-refractivity contribution >= 4 is 11.9 Å². The maximum atomic E-state index is 12.9. The van der Waals surface area contributed by atoms with E-state index in [2.05, 4.69) is 4.98 Å². The molecule has 1 aromatic rings. The standard InChI is InChI=1S/C18H24N2O4/c1-11(2)24-16-8-7-13(10-19-16)17(21)20-14-6-4-3-5-12(14)9-15(20)18(22)23/h7-8,10-12,14-15H,3-6,9H2,1-2H3,(H,22,23). The molecular formula is C18H24N2O4. The van der Waals surface area contributed by atoms with Crippen molar-refractivity contribution in [3.63, 3.8) is 0 Å². The van der Waals surface area contributed by atoms with Gasteiger partial charge in [0.25, 0.3) is 5.91 Å². The highest BCUT2D eigenvalue weighted by Gasteiger charge is 2.47. The summed E-state index contributed by atoms with van der Waals surface area (Å²) in [6.45, 7) is 3.82. The number of hydrogen-bond donors (Lipinski definition) is 1. The minimum absolute atomic E-state index is 0.0111. The van der Waals surface area contributed by atoms with Crippen LogP contribution in [0.3, 0.4) is 0 Å². The summed E-state index contributed by atoms with van der Waals surface area (Å²) in [5.41, 5.74) is 0.420. The van der Waals surface area contributed by atoms with Gasteiger partial charge in [-0.25, -0.2) is 9.78 Å². The van der Waals surface area contributed by atoms with Crippen molar-refractivity contribution in [2.45, 2.75) is 64.1 Å². The molecule has 6 nitrogen and oxygen atoms in total. The van der Waals surface area contributed by atoms with E-state index in [-0.39, 0.29) is 18.1 Å². The third-order valence-electron chi connectivity index (χ3n) is 4.95. The highest BCUT2D eigenvalue weighted by Crippen LogP contribution is 2.40. The average Bonchev–Trinajstić information content (AvgIpc) is 2.94. The van der Waals surface area contributed by atoms with Crippen molar-refractivity contribution in [1.29, 1.82) is 0 Å². The van der Waals surface area contributed by atoms with Gasteiger partial charge >= 0.3 is 5.97 Å². The van der Waals surface area contributed by atoms with Crippen LogP contribution in [-0.4, -0.2) is 45.1 Å². The molecule has 6 heteroatoms. The van der Waals surface area contributed by atoms with E-state index in [1.54, 1.807) is 17.0 Å². The molecule has 3 rings (SSSR count). The molecular weight excluding hydrogens is 308 g/mol. The number of aliphatic carboxylic acids is 1. The normalized spacial score (nSPS) is 26.3. The van der Waals surface area contributed by atoms with Crippen LogP contribution in [0.1, 0.15) is 56.3 Å². The Balaban J connectivity index is 1.82. The number of likely N-dealkylation sites (tertiary alicyclic amines) is 1. The SMILES string of the molecule is CC(C)Oc1ccc(C(=O)N2C(C(=O)O)CC3CCCCC32)cn1. The molecule has 1 saturated carbocycles. The Hall–Kier alpha value is -2.11. The van der Waals surface area contributed by atoms with E-state index < -0.39 is 12.0 Å². The lowest BCUT2D eigenvalue weighted by atomic mass is 9.84. The number of carbonyl (C=O) groups excluding carboxylic acids is 1. The molecule has 2 heterocycles. The van der Waals surface area contributed by atoms with Crippen LogP contribution in [0.2, 0.25) is 0 Å². The minimum Gasteiger partial charge on any atom is -0.480 e. The van der Waals surface area contributed by atoms with Gasteiger partial charge in [0, 0.05) is 18.3 Å². The van der Waals surface area contributed by atoms with Gasteiger partial charge in [-0.3, -0.25) is 4.79 Å². The van der Waals surface area contributed by atoms with Crippen LogP contribution >= 0.6 is 0 Å². The molecule has 1 amide bonds. The Labute approximate surface area is 141 Å². The molecule has 0 bridgehead atoms. The summed E-state index contributed by atoms with van der Waals surface area (Å²) in [5.74, 6) is -0.375. The summed E-state index contributed by atoms with van der Waals surface area (Å²) in [6.07, 6.45) is 6.13. The first kappa shape index (κ1) is 16.7. The highest BCUT2D eigenvalue weighted by atomic mass is 16.5. The van der Waals surface area contributed by atoms with Crippen molar-refractivity contribution in [2.24, 2.45) is 5.92 Å². The molecule has 2 fully saturated rings. The molecule has 3 unspecified atom stereocenters. The van der Waals surface area contributed by atoms with Crippen LogP contribution in [0.5, 0.6) is 5.88 Å². The molecule has 130 valence electrons. The maximum absolute atomic E-state index is 12.9. The smallest absolute Gasteiger partial charge is 0.326 e. The van der Waals surface area contributed by atoms with E-state index in [9.17, 15) is 14.7 Å². The van der Waals surface area contributed by atoms with Crippen LogP contribution in [0.15, 0.2) is 18.3 Å². The fraction of sp³-hybridized carbons (Fsp3) is 0.611. The lowest BCUT2D eigenvalue weighted by Gasteiger charge is -2.33. The van der Waals surface area contributed by atoms with Crippen molar-refractivity contribution in [3.05, 3.63) is 23.9 Å². The summed E-state index contributed by atoms with van der Waals surface area (Å²) >= 11 is 0. The Kier molecular flexibility index (Phi) is 4.73. The van der Waals surface area contributed by atoms with Gasteiger partial charge in [-0.05, 0) is 45.1 Å². The Morgan fingerprint density at radius 1 is 1.29 bits per heavy atom. The summed E-state index contributed by atoms with van der Waals surface area (Å²) in [4.78, 5) is 30.3. The number of amides is 1. The minimum atomic E-state index is -0.912. The van der Waals surface area contributed by atoms with Gasteiger partial charge in [0.2, 0.25) is 5.88 Å². The largest absolute Gasteiger partial charge is 0.480 e. The van der Waals surface area contributed by atoms with Gasteiger partial charge < -0.3 is 14.7 Å². The second-order valence-corrected chi connectivity index (χ2v) is 6.97. The van der Waals surface area contributed by atoms with Gasteiger partial charge in [-0.2, -0.15) is 0 Å². The van der Waals surface area contributed by atoms with Gasteiger partial charge in [0.1, 0.15) is 6.04 Å². The summed E-state index contributed by atoms with van der Waals surface area (Å²) < 4.78 is 5.49. The third kappa shape index (κ3) is 3.23. The summed E-state index contributed by atoms with van der Waals surface area (Å²) in [5, 5.41) is 9.54. The number of nitrogens with zero attached hydrogens (tertiary/aromatic N) is 2. The third-order valence-corrected chi connectivity index (χ3v) is 4.95. The quantitative estimate of drug-likeness (QED) is 0.917. The van der Waals surface area contributed by atoms with Gasteiger partial charge in [0.05, 0.1) is 11.7 Å². The van der Waals surface area contributed by atoms with Crippen LogP contribution < -0.4 is 4.74 Å². The summed E-state index contributed by atoms with van der Waals surface area (Å²) in [6, 6.07) is 2.65. The van der Waals surface area contributed by atoms with Crippen LogP contribution in [0.4, 0.5) is 0 Å². The van der Waals surface area contributed by atoms with Gasteiger partial charge in [-0.15, -0.1) is 0 Å². The second-order valence-electron chi connectivity index (χ2n) is 6.97. The first-order valence-corrected chi connectivity index (χ1v) is 8.65. The molecule has 1 aromatic heterocycles. The zero-order valence-corrected chi connectivity index (χ0v) is 14.1. The zero-order valence-electron chi connectivity index (χ0n) is 14.1. The first-order chi connectivity index (χ1) is 11.5. The van der Waals surface area contributed by atoms with E-state index in [1.807, 2.05) is 13.8 Å². The van der Waals surface area contributed by atoms with Crippen molar-refractivity contribution in [1.82, 2.24) is 9.88 Å². The summed E-state index contributed by atoms with van der Waals surface area (Å²) in [7, 11) is 0. The number of carboxylic acids is 1. The number of rotatable bonds is 4. The molecule has 1 aliphatic carbocycles. The van der Waals surface area contributed by atoms with Crippen LogP contribution in [0.25, 0.3) is 0 Å². The Morgan fingerprint density at radius 3 is 2.67 bits per heavy atom. The topological polar surface area (TPSA) is 79.7 Å². The molecule has 24 heavy (non-hydrogen) atoms. The number of ether oxygens (including phenoxy) is 1. The van der Waals surface area contributed by atoms with Crippen molar-refractivity contribution in [3.8, 4) is 5.88 Å². The fourth-order valence-electron chi connectivity index (χ4n) is 3.94. The van der Waals surface area contributed by atoms with E-state index >= 15 is 0 Å². The molecule has 2 aliphatic rings. The molecule has 1 aliphatic heterocycles. The Morgan fingerprint density at radius 2 is 2.04 bits per heavy atom. The van der Waals surface area contributed by atoms with Crippen LogP contribution in [-0.2, 0) is 4.79 Å². The zero-order chi connectivity index (χ0) is 17.3. The molecule has 0 aromatic carbocycles. The predicted molar refractivity (Wildman–Crippen MR) is 88.0 cm³/mol. The van der Waals surface area contributed by atoms with Gasteiger partial charge in [-0.1, -0.05) is 12.8 Å². The van der Waals surface area contributed by atoms with E-state index in [0.29, 0.717) is 23.8 Å². The van der Waals surface area contributed by atoms with E-state index in [0.717, 1.165) is 25.7 Å². The van der Waals surface area contributed by atoms with Crippen LogP contribution in [0, 0.1) is 5.92 Å². The van der Waals surface area contributed by atoms with E-state index in [1.165, 1.54) is 6.20 Å². The first-order valence-electron chi connectivity index (χ1n) is 8.65. The number of pyridine rings is 1. The second kappa shape index (κ2) is 6.79. The van der Waals surface area contributed by atoms with E-state index in [4.69, 9.17) is 4.74 Å². The number of aromatic nitrogens is 1. The predicted octanol–water partition coefficient (Wildman–Crippen LogP) is 2.73. The maximum Gasteiger partial charge on any atom is 0.326 e. The average molecular weight is 332 g/mol.